The number of carbonyl (C=O) groups excluding carboxylic acids is 5. The van der Waals surface area contributed by atoms with Gasteiger partial charge in [0, 0.05) is 27.2 Å². The van der Waals surface area contributed by atoms with Crippen molar-refractivity contribution in [2.75, 3.05) is 49.4 Å². The first-order valence-corrected chi connectivity index (χ1v) is 24.9. The monoisotopic (exact) mass is 980 g/mol. The zero-order chi connectivity index (χ0) is 51.6. The number of imide groups is 1. The fourth-order valence-corrected chi connectivity index (χ4v) is 9.13. The number of amides is 3. The Bertz CT molecular complexity index is 2950. The third-order valence-electron chi connectivity index (χ3n) is 12.2. The minimum atomic E-state index is -1.25. The number of aliphatic hydroxyl groups excluding tert-OH is 1. The summed E-state index contributed by atoms with van der Waals surface area (Å²) in [6.45, 7) is 17.5. The van der Waals surface area contributed by atoms with Crippen LogP contribution in [0, 0.1) is 13.8 Å². The summed E-state index contributed by atoms with van der Waals surface area (Å²) in [6, 6.07) is 25.8. The molecular weight excluding hydrogens is 917 g/mol. The van der Waals surface area contributed by atoms with E-state index in [9.17, 15) is 29.1 Å². The highest BCUT2D eigenvalue weighted by atomic mass is 16.5. The van der Waals surface area contributed by atoms with Gasteiger partial charge in [-0.15, -0.1) is 0 Å². The van der Waals surface area contributed by atoms with Crippen molar-refractivity contribution in [1.82, 2.24) is 0 Å². The highest BCUT2D eigenvalue weighted by Gasteiger charge is 2.45. The zero-order valence-corrected chi connectivity index (χ0v) is 42.5. The van der Waals surface area contributed by atoms with E-state index in [0.717, 1.165) is 63.9 Å². The van der Waals surface area contributed by atoms with Gasteiger partial charge in [-0.1, -0.05) is 100 Å². The van der Waals surface area contributed by atoms with Crippen LogP contribution in [0.1, 0.15) is 132 Å². The Kier molecular flexibility index (Phi) is 17.2. The topological polar surface area (TPSA) is 167 Å². The van der Waals surface area contributed by atoms with Gasteiger partial charge >= 0.3 is 11.9 Å². The van der Waals surface area contributed by atoms with Crippen LogP contribution < -0.4 is 28.7 Å². The summed E-state index contributed by atoms with van der Waals surface area (Å²) in [5, 5.41) is 14.6. The molecule has 1 unspecified atom stereocenters. The van der Waals surface area contributed by atoms with Gasteiger partial charge in [0.2, 0.25) is 0 Å². The summed E-state index contributed by atoms with van der Waals surface area (Å²) in [4.78, 5) is 68.0. The summed E-state index contributed by atoms with van der Waals surface area (Å²) in [6.07, 6.45) is 2.08. The van der Waals surface area contributed by atoms with Crippen molar-refractivity contribution in [1.29, 1.82) is 0 Å². The van der Waals surface area contributed by atoms with Crippen LogP contribution in [0.3, 0.4) is 0 Å². The van der Waals surface area contributed by atoms with Crippen LogP contribution in [0.2, 0.25) is 0 Å². The fraction of sp³-hybridized carbons (Fsp3) is 0.362. The number of rotatable bonds is 20. The van der Waals surface area contributed by atoms with Crippen LogP contribution in [0.15, 0.2) is 84.9 Å². The van der Waals surface area contributed by atoms with E-state index < -0.39 is 18.0 Å². The van der Waals surface area contributed by atoms with Crippen LogP contribution in [0.4, 0.5) is 11.4 Å². The summed E-state index contributed by atoms with van der Waals surface area (Å²) in [7, 11) is 0. The second-order valence-electron chi connectivity index (χ2n) is 17.5. The molecule has 0 saturated carbocycles. The molecule has 1 N–H and O–H groups in total. The molecule has 6 aromatic rings. The number of fused-ring (bicyclic) bond motifs is 4. The number of aliphatic hydroxyl groups is 1. The van der Waals surface area contributed by atoms with Gasteiger partial charge in [-0.3, -0.25) is 28.9 Å². The van der Waals surface area contributed by atoms with E-state index in [1.165, 1.54) is 9.80 Å². The average molecular weight is 981 g/mol. The molecule has 2 aliphatic rings. The number of benzene rings is 6. The molecule has 14 nitrogen and oxygen atoms in total. The van der Waals surface area contributed by atoms with E-state index in [1.807, 2.05) is 96.1 Å². The van der Waals surface area contributed by atoms with Gasteiger partial charge in [-0.2, -0.15) is 0 Å². The second kappa shape index (κ2) is 23.6. The molecule has 2 heterocycles. The molecule has 6 aromatic carbocycles. The Hall–Kier alpha value is -7.45. The SMILES string of the molecule is CCCOc1c2c(c(OCCC)c3ccccc13)C(=O)N(c1ccc(CC(=O)OCC)cc1C)C2=O.CCCOc1c2c(c(OCCC)c3ccccc13)C(O)N(c1ccc(CC(=O)OCC)cc1C)C2=O. The fourth-order valence-electron chi connectivity index (χ4n) is 9.13. The quantitative estimate of drug-likeness (QED) is 0.0569. The number of nitrogens with zero attached hydrogens (tertiary/aromatic N) is 2. The number of esters is 2. The van der Waals surface area contributed by atoms with Crippen molar-refractivity contribution in [3.05, 3.63) is 129 Å². The molecule has 0 fully saturated rings. The summed E-state index contributed by atoms with van der Waals surface area (Å²) in [5.41, 5.74) is 5.21. The van der Waals surface area contributed by atoms with Crippen LogP contribution in [0.5, 0.6) is 23.0 Å². The van der Waals surface area contributed by atoms with Crippen LogP contribution in [0.25, 0.3) is 21.5 Å². The molecule has 72 heavy (non-hydrogen) atoms. The molecular formula is C58H64N2O12. The van der Waals surface area contributed by atoms with E-state index >= 15 is 0 Å². The van der Waals surface area contributed by atoms with Crippen molar-refractivity contribution in [3.63, 3.8) is 0 Å². The number of anilines is 2. The molecule has 14 heteroatoms. The highest BCUT2D eigenvalue weighted by molar-refractivity contribution is 6.38. The lowest BCUT2D eigenvalue weighted by atomic mass is 9.98. The van der Waals surface area contributed by atoms with E-state index in [1.54, 1.807) is 44.2 Å². The maximum atomic E-state index is 13.9. The van der Waals surface area contributed by atoms with Gasteiger partial charge in [-0.05, 0) is 87.8 Å². The number of hydrogen-bond acceptors (Lipinski definition) is 12. The van der Waals surface area contributed by atoms with Crippen LogP contribution in [-0.2, 0) is 31.9 Å². The molecule has 0 saturated heterocycles. The third kappa shape index (κ3) is 10.5. The minimum absolute atomic E-state index is 0.118. The lowest BCUT2D eigenvalue weighted by Crippen LogP contribution is -2.30. The third-order valence-corrected chi connectivity index (χ3v) is 12.2. The summed E-state index contributed by atoms with van der Waals surface area (Å²) >= 11 is 0. The lowest BCUT2D eigenvalue weighted by Gasteiger charge is -2.24. The molecule has 378 valence electrons. The van der Waals surface area contributed by atoms with Crippen molar-refractivity contribution in [2.45, 2.75) is 100 Å². The Morgan fingerprint density at radius 1 is 0.500 bits per heavy atom. The van der Waals surface area contributed by atoms with E-state index in [-0.39, 0.29) is 41.8 Å². The van der Waals surface area contributed by atoms with Crippen molar-refractivity contribution >= 4 is 62.6 Å². The van der Waals surface area contributed by atoms with Gasteiger partial charge in [0.25, 0.3) is 17.7 Å². The lowest BCUT2D eigenvalue weighted by molar-refractivity contribution is -0.143. The molecule has 3 amide bonds. The van der Waals surface area contributed by atoms with E-state index in [0.29, 0.717) is 90.7 Å². The van der Waals surface area contributed by atoms with Crippen molar-refractivity contribution in [2.24, 2.45) is 0 Å². The Morgan fingerprint density at radius 3 is 1.26 bits per heavy atom. The smallest absolute Gasteiger partial charge is 0.310 e. The Labute approximate surface area is 420 Å². The number of ether oxygens (including phenoxy) is 6. The maximum Gasteiger partial charge on any atom is 0.310 e. The normalized spacial score (nSPS) is 13.7. The van der Waals surface area contributed by atoms with E-state index in [2.05, 4.69) is 0 Å². The number of carbonyl (C=O) groups is 5. The summed E-state index contributed by atoms with van der Waals surface area (Å²) in [5.74, 6) is -0.0991. The van der Waals surface area contributed by atoms with Gasteiger partial charge in [0.05, 0.1) is 80.4 Å². The number of aryl methyl sites for hydroxylation is 2. The summed E-state index contributed by atoms with van der Waals surface area (Å²) < 4.78 is 34.5. The van der Waals surface area contributed by atoms with Gasteiger partial charge in [-0.25, -0.2) is 4.90 Å². The number of hydrogen-bond donors (Lipinski definition) is 1. The van der Waals surface area contributed by atoms with Gasteiger partial charge in [0.15, 0.2) is 6.23 Å². The van der Waals surface area contributed by atoms with Crippen molar-refractivity contribution in [3.8, 4) is 23.0 Å². The highest BCUT2D eigenvalue weighted by Crippen LogP contribution is 2.51. The predicted molar refractivity (Wildman–Crippen MR) is 277 cm³/mol. The van der Waals surface area contributed by atoms with Crippen molar-refractivity contribution < 1.29 is 57.5 Å². The Balaban J connectivity index is 0.000000211. The average Bonchev–Trinajstić information content (AvgIpc) is 3.77. The van der Waals surface area contributed by atoms with Crippen LogP contribution in [-0.4, -0.2) is 74.4 Å². The second-order valence-corrected chi connectivity index (χ2v) is 17.5. The first-order chi connectivity index (χ1) is 34.8. The van der Waals surface area contributed by atoms with Gasteiger partial charge in [0.1, 0.15) is 23.0 Å². The molecule has 0 bridgehead atoms. The maximum absolute atomic E-state index is 13.9. The first kappa shape index (κ1) is 52.4. The standard InChI is InChI=1S/C29H33NO6.C29H31NO6/c2*1-5-14-35-26-20-10-8-9-11-21(20)27(36-15-6-2)25-24(26)28(32)30(29(25)33)22-13-12-19(16-18(22)4)17-23(31)34-7-3/h8-13,16,28,32H,5-7,14-15,17H2,1-4H3;8-13,16H,5-7,14-15,17H2,1-4H3. The van der Waals surface area contributed by atoms with E-state index in [4.69, 9.17) is 28.4 Å². The molecule has 1 atom stereocenters. The Morgan fingerprint density at radius 2 is 0.875 bits per heavy atom. The zero-order valence-electron chi connectivity index (χ0n) is 42.5. The largest absolute Gasteiger partial charge is 0.492 e. The molecule has 0 spiro atoms. The molecule has 0 radical (unpaired) electrons. The minimum Gasteiger partial charge on any atom is -0.492 e. The molecule has 0 aliphatic carbocycles. The molecule has 8 rings (SSSR count). The van der Waals surface area contributed by atoms with Crippen LogP contribution >= 0.6 is 0 Å². The van der Waals surface area contributed by atoms with Gasteiger partial charge < -0.3 is 33.5 Å². The molecule has 0 aromatic heterocycles. The first-order valence-electron chi connectivity index (χ1n) is 24.9. The molecule has 2 aliphatic heterocycles. The predicted octanol–water partition coefficient (Wildman–Crippen LogP) is 11.1.